The maximum absolute atomic E-state index is 12.1. The van der Waals surface area contributed by atoms with Crippen LogP contribution in [0.4, 0.5) is 5.69 Å². The first-order valence-electron chi connectivity index (χ1n) is 6.68. The Morgan fingerprint density at radius 1 is 1.10 bits per heavy atom. The van der Waals surface area contributed by atoms with Crippen molar-refractivity contribution in [2.24, 2.45) is 4.99 Å². The summed E-state index contributed by atoms with van der Waals surface area (Å²) in [5.41, 5.74) is 2.36. The van der Waals surface area contributed by atoms with E-state index in [0.717, 1.165) is 26.5 Å². The van der Waals surface area contributed by atoms with Gasteiger partial charge >= 0.3 is 0 Å². The summed E-state index contributed by atoms with van der Waals surface area (Å²) in [7, 11) is -0.918. The Labute approximate surface area is 135 Å². The van der Waals surface area contributed by atoms with E-state index >= 15 is 0 Å². The zero-order valence-electron chi connectivity index (χ0n) is 11.4. The van der Waals surface area contributed by atoms with Crippen LogP contribution >= 0.6 is 23.5 Å². The van der Waals surface area contributed by atoms with Crippen LogP contribution in [-0.2, 0) is 16.6 Å². The summed E-state index contributed by atoms with van der Waals surface area (Å²) in [6.07, 6.45) is 0. The lowest BCUT2D eigenvalue weighted by Gasteiger charge is -2.14. The molecule has 0 saturated carbocycles. The predicted molar refractivity (Wildman–Crippen MR) is 95.0 cm³/mol. The van der Waals surface area contributed by atoms with Crippen LogP contribution in [0.5, 0.6) is 0 Å². The molecule has 0 saturated heterocycles. The first-order valence-corrected chi connectivity index (χ1v) is 9.97. The third kappa shape index (κ3) is 3.99. The van der Waals surface area contributed by atoms with Gasteiger partial charge in [0.15, 0.2) is 0 Å². The standard InChI is InChI=1S/C16H15NOS3/c18-21(14-7-2-1-3-8-14)11-10-19-16-17-15-9-5-4-6-13(15)12-20-16/h1-9H,10-12H2/t21-/m0/s1. The van der Waals surface area contributed by atoms with Crippen LogP contribution in [0.25, 0.3) is 0 Å². The molecule has 1 aliphatic heterocycles. The van der Waals surface area contributed by atoms with E-state index in [1.165, 1.54) is 5.56 Å². The van der Waals surface area contributed by atoms with Crippen molar-refractivity contribution < 1.29 is 4.21 Å². The molecule has 2 aromatic rings. The minimum atomic E-state index is -0.918. The van der Waals surface area contributed by atoms with Crippen LogP contribution in [0, 0.1) is 0 Å². The Balaban J connectivity index is 1.55. The first kappa shape index (κ1) is 14.9. The molecule has 0 amide bonds. The summed E-state index contributed by atoms with van der Waals surface area (Å²) in [5, 5.41) is 0. The molecule has 1 heterocycles. The van der Waals surface area contributed by atoms with Gasteiger partial charge in [0.2, 0.25) is 0 Å². The normalized spacial score (nSPS) is 15.1. The molecule has 0 bridgehead atoms. The molecule has 0 N–H and O–H groups in total. The molecule has 1 aliphatic rings. The number of hydrogen-bond donors (Lipinski definition) is 0. The lowest BCUT2D eigenvalue weighted by molar-refractivity contribution is 0.684. The molecule has 21 heavy (non-hydrogen) atoms. The summed E-state index contributed by atoms with van der Waals surface area (Å²) in [4.78, 5) is 5.56. The predicted octanol–water partition coefficient (Wildman–Crippen LogP) is 4.46. The van der Waals surface area contributed by atoms with Crippen molar-refractivity contribution in [1.29, 1.82) is 0 Å². The van der Waals surface area contributed by atoms with Gasteiger partial charge in [-0.05, 0) is 23.8 Å². The molecule has 0 aliphatic carbocycles. The molecule has 0 fully saturated rings. The molecule has 0 spiro atoms. The van der Waals surface area contributed by atoms with Crippen molar-refractivity contribution in [3.63, 3.8) is 0 Å². The van der Waals surface area contributed by atoms with Gasteiger partial charge in [-0.15, -0.1) is 0 Å². The number of thioether (sulfide) groups is 2. The van der Waals surface area contributed by atoms with Gasteiger partial charge in [0, 0.05) is 22.2 Å². The molecule has 2 nitrogen and oxygen atoms in total. The van der Waals surface area contributed by atoms with Crippen LogP contribution in [0.15, 0.2) is 64.5 Å². The van der Waals surface area contributed by atoms with Gasteiger partial charge in [0.1, 0.15) is 4.38 Å². The SMILES string of the molecule is O=[S@@](CCSC1=Nc2ccccc2CS1)c1ccccc1. The molecule has 0 radical (unpaired) electrons. The third-order valence-corrected chi connectivity index (χ3v) is 6.93. The van der Waals surface area contributed by atoms with E-state index in [2.05, 4.69) is 23.2 Å². The van der Waals surface area contributed by atoms with E-state index < -0.39 is 10.8 Å². The number of para-hydroxylation sites is 1. The van der Waals surface area contributed by atoms with Gasteiger partial charge < -0.3 is 0 Å². The Morgan fingerprint density at radius 3 is 2.71 bits per heavy atom. The van der Waals surface area contributed by atoms with Crippen LogP contribution in [0.2, 0.25) is 0 Å². The van der Waals surface area contributed by atoms with E-state index in [9.17, 15) is 4.21 Å². The maximum atomic E-state index is 12.1. The van der Waals surface area contributed by atoms with Gasteiger partial charge in [-0.3, -0.25) is 4.21 Å². The molecule has 1 atom stereocenters. The Morgan fingerprint density at radius 2 is 1.86 bits per heavy atom. The van der Waals surface area contributed by atoms with Crippen molar-refractivity contribution in [2.75, 3.05) is 11.5 Å². The minimum Gasteiger partial charge on any atom is -0.254 e. The van der Waals surface area contributed by atoms with Crippen LogP contribution in [-0.4, -0.2) is 20.1 Å². The first-order chi connectivity index (χ1) is 10.3. The van der Waals surface area contributed by atoms with E-state index in [1.807, 2.05) is 36.4 Å². The van der Waals surface area contributed by atoms with Crippen LogP contribution in [0.1, 0.15) is 5.56 Å². The highest BCUT2D eigenvalue weighted by Crippen LogP contribution is 2.34. The fraction of sp³-hybridized carbons (Fsp3) is 0.188. The molecule has 0 aromatic heterocycles. The Hall–Kier alpha value is -1.04. The minimum absolute atomic E-state index is 0.663. The maximum Gasteiger partial charge on any atom is 0.130 e. The van der Waals surface area contributed by atoms with Gasteiger partial charge in [0.05, 0.1) is 16.5 Å². The lowest BCUT2D eigenvalue weighted by atomic mass is 10.2. The number of nitrogens with zero attached hydrogens (tertiary/aromatic N) is 1. The van der Waals surface area contributed by atoms with E-state index in [4.69, 9.17) is 0 Å². The van der Waals surface area contributed by atoms with Gasteiger partial charge in [-0.25, -0.2) is 4.99 Å². The molecule has 5 heteroatoms. The smallest absolute Gasteiger partial charge is 0.130 e. The second kappa shape index (κ2) is 7.29. The third-order valence-electron chi connectivity index (χ3n) is 3.05. The summed E-state index contributed by atoms with van der Waals surface area (Å²) in [5.74, 6) is 2.47. The zero-order valence-corrected chi connectivity index (χ0v) is 13.8. The highest BCUT2D eigenvalue weighted by Gasteiger charge is 2.13. The van der Waals surface area contributed by atoms with E-state index in [0.29, 0.717) is 5.75 Å². The number of rotatable bonds is 4. The summed E-state index contributed by atoms with van der Waals surface area (Å²) >= 11 is 3.47. The van der Waals surface area contributed by atoms with Crippen molar-refractivity contribution in [2.45, 2.75) is 10.6 Å². The second-order valence-electron chi connectivity index (χ2n) is 4.51. The highest BCUT2D eigenvalue weighted by molar-refractivity contribution is 8.38. The number of aliphatic imine (C=N–C) groups is 1. The van der Waals surface area contributed by atoms with Crippen molar-refractivity contribution in [1.82, 2.24) is 0 Å². The quantitative estimate of drug-likeness (QED) is 0.827. The zero-order chi connectivity index (χ0) is 14.5. The molecule has 3 rings (SSSR count). The fourth-order valence-corrected chi connectivity index (χ4v) is 5.40. The fourth-order valence-electron chi connectivity index (χ4n) is 1.98. The summed E-state index contributed by atoms with van der Waals surface area (Å²) in [6, 6.07) is 17.9. The van der Waals surface area contributed by atoms with Crippen molar-refractivity contribution in [3.8, 4) is 0 Å². The highest BCUT2D eigenvalue weighted by atomic mass is 32.2. The monoisotopic (exact) mass is 333 g/mol. The van der Waals surface area contributed by atoms with Gasteiger partial charge in [-0.2, -0.15) is 0 Å². The average molecular weight is 334 g/mol. The summed E-state index contributed by atoms with van der Waals surface area (Å²) < 4.78 is 13.2. The number of benzene rings is 2. The molecular weight excluding hydrogens is 318 g/mol. The Kier molecular flexibility index (Phi) is 5.17. The van der Waals surface area contributed by atoms with Gasteiger partial charge in [0.25, 0.3) is 0 Å². The molecule has 0 unspecified atom stereocenters. The number of fused-ring (bicyclic) bond motifs is 1. The molecule has 108 valence electrons. The Bertz CT molecular complexity index is 670. The lowest BCUT2D eigenvalue weighted by Crippen LogP contribution is -2.03. The largest absolute Gasteiger partial charge is 0.254 e. The van der Waals surface area contributed by atoms with Crippen molar-refractivity contribution in [3.05, 3.63) is 60.2 Å². The molecular formula is C16H15NOS3. The average Bonchev–Trinajstić information content (AvgIpc) is 2.55. The second-order valence-corrected chi connectivity index (χ2v) is 8.38. The van der Waals surface area contributed by atoms with Gasteiger partial charge in [-0.1, -0.05) is 59.9 Å². The van der Waals surface area contributed by atoms with E-state index in [-0.39, 0.29) is 0 Å². The topological polar surface area (TPSA) is 29.4 Å². The summed E-state index contributed by atoms with van der Waals surface area (Å²) in [6.45, 7) is 0. The van der Waals surface area contributed by atoms with E-state index in [1.54, 1.807) is 23.5 Å². The van der Waals surface area contributed by atoms with Crippen LogP contribution < -0.4 is 0 Å². The van der Waals surface area contributed by atoms with Crippen molar-refractivity contribution >= 4 is 44.4 Å². The molecule has 2 aromatic carbocycles. The van der Waals surface area contributed by atoms with Crippen LogP contribution in [0.3, 0.4) is 0 Å². The number of hydrogen-bond acceptors (Lipinski definition) is 4.